The number of anilines is 1. The molecule has 0 spiro atoms. The predicted molar refractivity (Wildman–Crippen MR) is 142 cm³/mol. The summed E-state index contributed by atoms with van der Waals surface area (Å²) < 4.78 is 5.52. The lowest BCUT2D eigenvalue weighted by molar-refractivity contribution is -0.119. The quantitative estimate of drug-likeness (QED) is 0.292. The van der Waals surface area contributed by atoms with Gasteiger partial charge < -0.3 is 20.3 Å². The van der Waals surface area contributed by atoms with Crippen LogP contribution in [0, 0.1) is 5.92 Å². The van der Waals surface area contributed by atoms with Crippen LogP contribution in [0.2, 0.25) is 0 Å². The topological polar surface area (TPSA) is 69.2 Å². The molecule has 0 aromatic heterocycles. The van der Waals surface area contributed by atoms with Gasteiger partial charge in [-0.15, -0.1) is 24.0 Å². The number of benzene rings is 1. The Bertz CT molecular complexity index is 720. The van der Waals surface area contributed by atoms with Gasteiger partial charge in [0.15, 0.2) is 5.96 Å². The van der Waals surface area contributed by atoms with Gasteiger partial charge >= 0.3 is 0 Å². The Morgan fingerprint density at radius 1 is 1.09 bits per heavy atom. The predicted octanol–water partition coefficient (Wildman–Crippen LogP) is 3.23. The molecular formula is C24H40IN5O2. The third-order valence-corrected chi connectivity index (χ3v) is 6.07. The summed E-state index contributed by atoms with van der Waals surface area (Å²) in [5.41, 5.74) is 2.17. The van der Waals surface area contributed by atoms with Gasteiger partial charge in [0, 0.05) is 57.9 Å². The Hall–Kier alpha value is -1.39. The molecule has 2 fully saturated rings. The average Bonchev–Trinajstić information content (AvgIpc) is 2.79. The molecule has 1 aromatic carbocycles. The lowest BCUT2D eigenvalue weighted by atomic mass is 10.0. The maximum atomic E-state index is 12.1. The Morgan fingerprint density at radius 3 is 2.44 bits per heavy atom. The number of aliphatic imine (C=N–C) groups is 1. The summed E-state index contributed by atoms with van der Waals surface area (Å²) in [6.45, 7) is 10.6. The number of ether oxygens (including phenoxy) is 1. The largest absolute Gasteiger partial charge is 0.379 e. The molecule has 7 nitrogen and oxygen atoms in total. The second kappa shape index (κ2) is 14.0. The molecule has 2 heterocycles. The number of guanidine groups is 1. The molecule has 1 atom stereocenters. The van der Waals surface area contributed by atoms with Crippen molar-refractivity contribution >= 4 is 41.5 Å². The second-order valence-corrected chi connectivity index (χ2v) is 8.91. The molecule has 2 aliphatic heterocycles. The summed E-state index contributed by atoms with van der Waals surface area (Å²) in [4.78, 5) is 21.0. The van der Waals surface area contributed by atoms with E-state index in [0.29, 0.717) is 24.9 Å². The number of carbonyl (C=O) groups excluding carboxylic acids is 1. The van der Waals surface area contributed by atoms with Crippen LogP contribution in [0.3, 0.4) is 0 Å². The van der Waals surface area contributed by atoms with Crippen molar-refractivity contribution in [3.8, 4) is 0 Å². The smallest absolute Gasteiger partial charge is 0.226 e. The van der Waals surface area contributed by atoms with Crippen LogP contribution in [0.1, 0.15) is 45.1 Å². The molecule has 32 heavy (non-hydrogen) atoms. The molecule has 0 saturated carbocycles. The molecule has 1 aromatic rings. The second-order valence-electron chi connectivity index (χ2n) is 8.91. The third-order valence-electron chi connectivity index (χ3n) is 6.07. The molecule has 0 bridgehead atoms. The van der Waals surface area contributed by atoms with Gasteiger partial charge in [0.2, 0.25) is 5.91 Å². The van der Waals surface area contributed by atoms with Crippen LogP contribution >= 0.6 is 24.0 Å². The first-order valence-electron chi connectivity index (χ1n) is 11.7. The van der Waals surface area contributed by atoms with Gasteiger partial charge in [0.25, 0.3) is 0 Å². The first-order chi connectivity index (χ1) is 15.1. The van der Waals surface area contributed by atoms with Crippen LogP contribution in [0.25, 0.3) is 0 Å². The number of hydrogen-bond donors (Lipinski definition) is 2. The number of carbonyl (C=O) groups is 1. The van der Waals surface area contributed by atoms with Gasteiger partial charge in [-0.2, -0.15) is 0 Å². The molecule has 2 N–H and O–H groups in total. The van der Waals surface area contributed by atoms with Crippen molar-refractivity contribution in [3.05, 3.63) is 29.8 Å². The molecule has 180 valence electrons. The highest BCUT2D eigenvalue weighted by atomic mass is 127. The van der Waals surface area contributed by atoms with E-state index >= 15 is 0 Å². The van der Waals surface area contributed by atoms with Gasteiger partial charge in [-0.25, -0.2) is 0 Å². The maximum Gasteiger partial charge on any atom is 0.226 e. The lowest BCUT2D eigenvalue weighted by Gasteiger charge is -2.35. The standard InChI is InChI=1S/C24H39N5O2.HI/c1-19(2)16-22(28-12-14-31-15-13-28)18-27-24(25-3)26-17-20-7-9-21(10-8-20)29-11-5-4-6-23(29)30;/h7-10,19,22H,4-6,11-18H2,1-3H3,(H2,25,26,27);1H. The highest BCUT2D eigenvalue weighted by Crippen LogP contribution is 2.21. The van der Waals surface area contributed by atoms with Gasteiger partial charge in [0.1, 0.15) is 0 Å². The number of nitrogens with zero attached hydrogens (tertiary/aromatic N) is 3. The Labute approximate surface area is 210 Å². The zero-order valence-corrected chi connectivity index (χ0v) is 22.1. The monoisotopic (exact) mass is 557 g/mol. The van der Waals surface area contributed by atoms with Crippen LogP contribution in [-0.4, -0.2) is 69.2 Å². The molecule has 2 aliphatic rings. The van der Waals surface area contributed by atoms with Crippen LogP contribution in [0.4, 0.5) is 5.69 Å². The molecular weight excluding hydrogens is 517 g/mol. The van der Waals surface area contributed by atoms with Gasteiger partial charge in [-0.05, 0) is 42.9 Å². The zero-order valence-electron chi connectivity index (χ0n) is 19.8. The minimum Gasteiger partial charge on any atom is -0.379 e. The van der Waals surface area contributed by atoms with Crippen molar-refractivity contribution < 1.29 is 9.53 Å². The van der Waals surface area contributed by atoms with Crippen molar-refractivity contribution in [1.82, 2.24) is 15.5 Å². The fourth-order valence-corrected chi connectivity index (χ4v) is 4.34. The number of amides is 1. The number of rotatable bonds is 8. The Morgan fingerprint density at radius 2 is 1.81 bits per heavy atom. The van der Waals surface area contributed by atoms with Crippen LogP contribution in [0.15, 0.2) is 29.3 Å². The summed E-state index contributed by atoms with van der Waals surface area (Å²) in [5, 5.41) is 6.94. The third kappa shape index (κ3) is 8.19. The average molecular weight is 558 g/mol. The van der Waals surface area contributed by atoms with Gasteiger partial charge in [0.05, 0.1) is 13.2 Å². The summed E-state index contributed by atoms with van der Waals surface area (Å²) in [7, 11) is 1.81. The Balaban J connectivity index is 0.00000363. The SMILES string of the molecule is CN=C(NCc1ccc(N2CCCCC2=O)cc1)NCC(CC(C)C)N1CCOCC1.I. The van der Waals surface area contributed by atoms with E-state index in [-0.39, 0.29) is 29.9 Å². The lowest BCUT2D eigenvalue weighted by Crippen LogP contribution is -2.50. The van der Waals surface area contributed by atoms with E-state index in [1.165, 1.54) is 5.56 Å². The van der Waals surface area contributed by atoms with E-state index < -0.39 is 0 Å². The molecule has 8 heteroatoms. The van der Waals surface area contributed by atoms with Gasteiger partial charge in [-0.3, -0.25) is 14.7 Å². The van der Waals surface area contributed by atoms with Crippen molar-refractivity contribution in [3.63, 3.8) is 0 Å². The fraction of sp³-hybridized carbons (Fsp3) is 0.667. The van der Waals surface area contributed by atoms with Crippen molar-refractivity contribution in [2.75, 3.05) is 51.3 Å². The fourth-order valence-electron chi connectivity index (χ4n) is 4.34. The molecule has 3 rings (SSSR count). The van der Waals surface area contributed by atoms with Gasteiger partial charge in [-0.1, -0.05) is 26.0 Å². The van der Waals surface area contributed by atoms with Crippen molar-refractivity contribution in [2.24, 2.45) is 10.9 Å². The summed E-state index contributed by atoms with van der Waals surface area (Å²) in [5.74, 6) is 1.70. The minimum absolute atomic E-state index is 0. The van der Waals surface area contributed by atoms with E-state index in [1.807, 2.05) is 24.1 Å². The van der Waals surface area contributed by atoms with E-state index in [0.717, 1.165) is 70.3 Å². The van der Waals surface area contributed by atoms with Crippen LogP contribution in [-0.2, 0) is 16.1 Å². The van der Waals surface area contributed by atoms with Crippen molar-refractivity contribution in [2.45, 2.75) is 52.1 Å². The maximum absolute atomic E-state index is 12.1. The molecule has 0 aliphatic carbocycles. The first kappa shape index (κ1) is 26.9. The molecule has 1 unspecified atom stereocenters. The number of halogens is 1. The van der Waals surface area contributed by atoms with Crippen molar-refractivity contribution in [1.29, 1.82) is 0 Å². The number of piperidine rings is 1. The normalized spacial score (nSPS) is 18.9. The number of morpholine rings is 1. The van der Waals surface area contributed by atoms with E-state index in [2.05, 4.69) is 46.5 Å². The Kier molecular flexibility index (Phi) is 11.7. The summed E-state index contributed by atoms with van der Waals surface area (Å²) in [6.07, 6.45) is 3.90. The van der Waals surface area contributed by atoms with E-state index in [1.54, 1.807) is 0 Å². The van der Waals surface area contributed by atoms with E-state index in [4.69, 9.17) is 4.74 Å². The molecule has 1 amide bonds. The minimum atomic E-state index is 0. The number of hydrogen-bond acceptors (Lipinski definition) is 4. The van der Waals surface area contributed by atoms with Crippen LogP contribution in [0.5, 0.6) is 0 Å². The van der Waals surface area contributed by atoms with Crippen LogP contribution < -0.4 is 15.5 Å². The highest BCUT2D eigenvalue weighted by molar-refractivity contribution is 14.0. The molecule has 2 saturated heterocycles. The highest BCUT2D eigenvalue weighted by Gasteiger charge is 2.22. The van der Waals surface area contributed by atoms with E-state index in [9.17, 15) is 4.79 Å². The zero-order chi connectivity index (χ0) is 22.1. The summed E-state index contributed by atoms with van der Waals surface area (Å²) in [6, 6.07) is 8.75. The summed E-state index contributed by atoms with van der Waals surface area (Å²) >= 11 is 0. The number of nitrogens with one attached hydrogen (secondary N) is 2. The molecule has 0 radical (unpaired) electrons. The first-order valence-corrected chi connectivity index (χ1v) is 11.7.